The van der Waals surface area contributed by atoms with E-state index in [9.17, 15) is 0 Å². The molecule has 2 rings (SSSR count). The molecule has 0 atom stereocenters. The molecule has 2 aromatic rings. The molecular weight excluding hydrogens is 290 g/mol. The number of unbranched alkanes of at least 4 members (excludes halogenated alkanes) is 2. The predicted octanol–water partition coefficient (Wildman–Crippen LogP) is 6.71. The minimum Gasteiger partial charge on any atom is -0.372 e. The van der Waals surface area contributed by atoms with Crippen molar-refractivity contribution in [2.75, 3.05) is 18.0 Å². The zero-order valence-electron chi connectivity index (χ0n) is 15.7. The summed E-state index contributed by atoms with van der Waals surface area (Å²) in [5, 5.41) is 0. The van der Waals surface area contributed by atoms with Crippen molar-refractivity contribution in [3.8, 4) is 11.1 Å². The van der Waals surface area contributed by atoms with Crippen LogP contribution in [0.4, 0.5) is 5.69 Å². The molecule has 0 aromatic heterocycles. The van der Waals surface area contributed by atoms with E-state index >= 15 is 0 Å². The van der Waals surface area contributed by atoms with Gasteiger partial charge in [0.15, 0.2) is 0 Å². The van der Waals surface area contributed by atoms with E-state index in [0.717, 1.165) is 13.1 Å². The summed E-state index contributed by atoms with van der Waals surface area (Å²) < 4.78 is 0. The topological polar surface area (TPSA) is 3.24 Å². The molecule has 0 heterocycles. The first kappa shape index (κ1) is 18.6. The normalized spacial score (nSPS) is 10.8. The van der Waals surface area contributed by atoms with Crippen LogP contribution in [0.1, 0.15) is 58.4 Å². The maximum absolute atomic E-state index is 2.49. The molecule has 0 radical (unpaired) electrons. The summed E-state index contributed by atoms with van der Waals surface area (Å²) in [6.07, 6.45) is 7.51. The highest BCUT2D eigenvalue weighted by atomic mass is 15.1. The van der Waals surface area contributed by atoms with Gasteiger partial charge in [-0.25, -0.2) is 0 Å². The molecule has 0 N–H and O–H groups in total. The molecule has 0 unspecified atom stereocenters. The number of rotatable bonds is 10. The molecule has 0 saturated heterocycles. The van der Waals surface area contributed by atoms with Crippen LogP contribution in [0.25, 0.3) is 11.1 Å². The Kier molecular flexibility index (Phi) is 7.88. The van der Waals surface area contributed by atoms with Gasteiger partial charge in [0.2, 0.25) is 0 Å². The van der Waals surface area contributed by atoms with Crippen molar-refractivity contribution in [2.24, 2.45) is 0 Å². The minimum absolute atomic E-state index is 1.14. The van der Waals surface area contributed by atoms with Crippen LogP contribution >= 0.6 is 0 Å². The Morgan fingerprint density at radius 3 is 1.67 bits per heavy atom. The molecule has 0 aliphatic heterocycles. The standard InChI is InChI=1S/C23H33N/c1-4-7-8-9-20-10-12-21(13-11-20)22-14-16-23(17-15-22)24(18-5-2)19-6-3/h10-17H,4-9,18-19H2,1-3H3. The lowest BCUT2D eigenvalue weighted by atomic mass is 10.0. The third-order valence-electron chi connectivity index (χ3n) is 4.58. The van der Waals surface area contributed by atoms with Crippen molar-refractivity contribution in [1.82, 2.24) is 0 Å². The maximum atomic E-state index is 2.49. The van der Waals surface area contributed by atoms with Crippen LogP contribution in [-0.2, 0) is 6.42 Å². The zero-order chi connectivity index (χ0) is 17.2. The average molecular weight is 324 g/mol. The first-order chi connectivity index (χ1) is 11.8. The van der Waals surface area contributed by atoms with Crippen molar-refractivity contribution >= 4 is 5.69 Å². The molecule has 0 amide bonds. The van der Waals surface area contributed by atoms with Gasteiger partial charge >= 0.3 is 0 Å². The second kappa shape index (κ2) is 10.2. The predicted molar refractivity (Wildman–Crippen MR) is 108 cm³/mol. The second-order valence-corrected chi connectivity index (χ2v) is 6.69. The number of nitrogens with zero attached hydrogens (tertiary/aromatic N) is 1. The molecule has 0 fully saturated rings. The molecule has 0 spiro atoms. The number of hydrogen-bond acceptors (Lipinski definition) is 1. The van der Waals surface area contributed by atoms with Crippen molar-refractivity contribution < 1.29 is 0 Å². The monoisotopic (exact) mass is 323 g/mol. The quantitative estimate of drug-likeness (QED) is 0.439. The fourth-order valence-corrected chi connectivity index (χ4v) is 3.22. The SMILES string of the molecule is CCCCCc1ccc(-c2ccc(N(CCC)CCC)cc2)cc1. The van der Waals surface area contributed by atoms with Crippen LogP contribution in [0, 0.1) is 0 Å². The highest BCUT2D eigenvalue weighted by Gasteiger charge is 2.05. The van der Waals surface area contributed by atoms with E-state index in [-0.39, 0.29) is 0 Å². The fourth-order valence-electron chi connectivity index (χ4n) is 3.22. The van der Waals surface area contributed by atoms with Gasteiger partial charge in [-0.1, -0.05) is 70.0 Å². The molecule has 0 bridgehead atoms. The van der Waals surface area contributed by atoms with E-state index in [1.54, 1.807) is 0 Å². The highest BCUT2D eigenvalue weighted by molar-refractivity contribution is 5.66. The van der Waals surface area contributed by atoms with Gasteiger partial charge in [0, 0.05) is 18.8 Å². The van der Waals surface area contributed by atoms with Gasteiger partial charge in [0.05, 0.1) is 0 Å². The van der Waals surface area contributed by atoms with Crippen molar-refractivity contribution in [2.45, 2.75) is 59.3 Å². The lowest BCUT2D eigenvalue weighted by molar-refractivity contribution is 0.717. The summed E-state index contributed by atoms with van der Waals surface area (Å²) in [5.74, 6) is 0. The largest absolute Gasteiger partial charge is 0.372 e. The fraction of sp³-hybridized carbons (Fsp3) is 0.478. The summed E-state index contributed by atoms with van der Waals surface area (Å²) in [4.78, 5) is 2.49. The molecule has 130 valence electrons. The van der Waals surface area contributed by atoms with Crippen molar-refractivity contribution in [3.63, 3.8) is 0 Å². The molecular formula is C23H33N. The molecule has 24 heavy (non-hydrogen) atoms. The summed E-state index contributed by atoms with van der Waals surface area (Å²) >= 11 is 0. The van der Waals surface area contributed by atoms with Crippen molar-refractivity contribution in [1.29, 1.82) is 0 Å². The van der Waals surface area contributed by atoms with Crippen LogP contribution in [0.15, 0.2) is 48.5 Å². The molecule has 1 heteroatoms. The van der Waals surface area contributed by atoms with Crippen LogP contribution in [-0.4, -0.2) is 13.1 Å². The minimum atomic E-state index is 1.14. The second-order valence-electron chi connectivity index (χ2n) is 6.69. The summed E-state index contributed by atoms with van der Waals surface area (Å²) in [7, 11) is 0. The Morgan fingerprint density at radius 1 is 0.625 bits per heavy atom. The van der Waals surface area contributed by atoms with E-state index in [1.165, 1.54) is 60.9 Å². The molecule has 0 aliphatic carbocycles. The van der Waals surface area contributed by atoms with E-state index in [2.05, 4.69) is 74.2 Å². The van der Waals surface area contributed by atoms with E-state index in [1.807, 2.05) is 0 Å². The van der Waals surface area contributed by atoms with Gasteiger partial charge in [-0.3, -0.25) is 0 Å². The van der Waals surface area contributed by atoms with Gasteiger partial charge < -0.3 is 4.90 Å². The molecule has 1 nitrogen and oxygen atoms in total. The Labute approximate surface area is 148 Å². The molecule has 0 aliphatic rings. The Bertz CT molecular complexity index is 562. The van der Waals surface area contributed by atoms with E-state index < -0.39 is 0 Å². The average Bonchev–Trinajstić information content (AvgIpc) is 2.63. The molecule has 2 aromatic carbocycles. The summed E-state index contributed by atoms with van der Waals surface area (Å²) in [6, 6.07) is 18.2. The van der Waals surface area contributed by atoms with Gasteiger partial charge in [-0.15, -0.1) is 0 Å². The number of benzene rings is 2. The third kappa shape index (κ3) is 5.40. The Hall–Kier alpha value is -1.76. The smallest absolute Gasteiger partial charge is 0.0366 e. The first-order valence-corrected chi connectivity index (χ1v) is 9.72. The molecule has 0 saturated carbocycles. The third-order valence-corrected chi connectivity index (χ3v) is 4.58. The highest BCUT2D eigenvalue weighted by Crippen LogP contribution is 2.24. The van der Waals surface area contributed by atoms with Gasteiger partial charge in [0.25, 0.3) is 0 Å². The van der Waals surface area contributed by atoms with Crippen LogP contribution < -0.4 is 4.90 Å². The number of aryl methyl sites for hydroxylation is 1. The zero-order valence-corrected chi connectivity index (χ0v) is 15.7. The van der Waals surface area contributed by atoms with Crippen molar-refractivity contribution in [3.05, 3.63) is 54.1 Å². The first-order valence-electron chi connectivity index (χ1n) is 9.72. The summed E-state index contributed by atoms with van der Waals surface area (Å²) in [5.41, 5.74) is 5.43. The van der Waals surface area contributed by atoms with Gasteiger partial charge in [-0.05, 0) is 54.5 Å². The van der Waals surface area contributed by atoms with Crippen LogP contribution in [0.2, 0.25) is 0 Å². The van der Waals surface area contributed by atoms with E-state index in [4.69, 9.17) is 0 Å². The Morgan fingerprint density at radius 2 is 1.17 bits per heavy atom. The Balaban J connectivity index is 2.04. The summed E-state index contributed by atoms with van der Waals surface area (Å²) in [6.45, 7) is 9.03. The number of anilines is 1. The van der Waals surface area contributed by atoms with Crippen LogP contribution in [0.3, 0.4) is 0 Å². The van der Waals surface area contributed by atoms with Gasteiger partial charge in [-0.2, -0.15) is 0 Å². The lowest BCUT2D eigenvalue weighted by Crippen LogP contribution is -2.24. The van der Waals surface area contributed by atoms with Crippen LogP contribution in [0.5, 0.6) is 0 Å². The van der Waals surface area contributed by atoms with Gasteiger partial charge in [0.1, 0.15) is 0 Å². The lowest BCUT2D eigenvalue weighted by Gasteiger charge is -2.24. The van der Waals surface area contributed by atoms with E-state index in [0.29, 0.717) is 0 Å². The number of hydrogen-bond donors (Lipinski definition) is 0. The maximum Gasteiger partial charge on any atom is 0.0366 e.